The molecule has 4 aromatic rings. The molecule has 0 radical (unpaired) electrons. The minimum absolute atomic E-state index is 0.0587. The van der Waals surface area contributed by atoms with Gasteiger partial charge in [0.05, 0.1) is 27.9 Å². The third-order valence-electron chi connectivity index (χ3n) is 5.80. The topological polar surface area (TPSA) is 105 Å². The lowest BCUT2D eigenvalue weighted by Crippen LogP contribution is -2.29. The van der Waals surface area contributed by atoms with Crippen LogP contribution in [0.25, 0.3) is 21.3 Å². The number of halogens is 1. The average Bonchev–Trinajstić information content (AvgIpc) is 3.55. The summed E-state index contributed by atoms with van der Waals surface area (Å²) in [5.74, 6) is 0.434. The molecule has 1 saturated heterocycles. The molecule has 180 valence electrons. The van der Waals surface area contributed by atoms with Crippen molar-refractivity contribution in [3.05, 3.63) is 69.5 Å². The lowest BCUT2D eigenvalue weighted by molar-refractivity contribution is 0.0223. The molecule has 3 aromatic heterocycles. The standard InChI is InChI=1S/C25H23ClN4O4S/c1-14(20-4-2-10-33-20)34-23-16-12-19(30-25(32)28-15-6-8-27-9-7-15)17(26)13-18(16)29-24(31)22(23)21-5-3-11-35-21/h3,5-9,11-14,20H,2,4,10H2,1H3,(H,29,31)(H2,27,28,30,32). The summed E-state index contributed by atoms with van der Waals surface area (Å²) >= 11 is 7.92. The molecule has 5 rings (SSSR count). The maximum atomic E-state index is 13.1. The molecule has 1 aromatic carbocycles. The van der Waals surface area contributed by atoms with Crippen LogP contribution in [-0.4, -0.2) is 34.8 Å². The smallest absolute Gasteiger partial charge is 0.323 e. The van der Waals surface area contributed by atoms with Gasteiger partial charge in [-0.2, -0.15) is 0 Å². The number of hydrogen-bond donors (Lipinski definition) is 3. The Labute approximate surface area is 210 Å². The molecule has 0 spiro atoms. The Bertz CT molecular complexity index is 1400. The van der Waals surface area contributed by atoms with E-state index in [1.807, 2.05) is 24.4 Å². The first kappa shape index (κ1) is 23.3. The molecule has 0 aliphatic carbocycles. The second-order valence-corrected chi connectivity index (χ2v) is 9.56. The molecule has 2 atom stereocenters. The fourth-order valence-corrected chi connectivity index (χ4v) is 5.08. The summed E-state index contributed by atoms with van der Waals surface area (Å²) in [6.45, 7) is 2.64. The van der Waals surface area contributed by atoms with Crippen molar-refractivity contribution in [3.8, 4) is 16.2 Å². The van der Waals surface area contributed by atoms with Gasteiger partial charge >= 0.3 is 6.03 Å². The van der Waals surface area contributed by atoms with Crippen molar-refractivity contribution in [1.29, 1.82) is 0 Å². The van der Waals surface area contributed by atoms with Crippen molar-refractivity contribution >= 4 is 51.2 Å². The van der Waals surface area contributed by atoms with E-state index in [4.69, 9.17) is 21.1 Å². The van der Waals surface area contributed by atoms with E-state index in [0.717, 1.165) is 17.7 Å². The molecule has 1 aliphatic heterocycles. The van der Waals surface area contributed by atoms with E-state index >= 15 is 0 Å². The number of rotatable bonds is 6. The molecular formula is C25H23ClN4O4S. The molecule has 1 fully saturated rings. The Kier molecular flexibility index (Phi) is 6.72. The number of nitrogens with zero attached hydrogens (tertiary/aromatic N) is 1. The molecule has 35 heavy (non-hydrogen) atoms. The van der Waals surface area contributed by atoms with Gasteiger partial charge < -0.3 is 25.1 Å². The van der Waals surface area contributed by atoms with Crippen LogP contribution in [0.5, 0.6) is 5.75 Å². The van der Waals surface area contributed by atoms with Crippen LogP contribution in [0.3, 0.4) is 0 Å². The minimum atomic E-state index is -0.462. The number of aromatic nitrogens is 2. The number of thiophene rings is 1. The monoisotopic (exact) mass is 510 g/mol. The van der Waals surface area contributed by atoms with Gasteiger partial charge in [-0.05, 0) is 55.5 Å². The van der Waals surface area contributed by atoms with Crippen LogP contribution >= 0.6 is 22.9 Å². The Morgan fingerprint density at radius 3 is 2.83 bits per heavy atom. The van der Waals surface area contributed by atoms with Gasteiger partial charge in [-0.25, -0.2) is 4.79 Å². The first-order chi connectivity index (χ1) is 17.0. The van der Waals surface area contributed by atoms with E-state index in [0.29, 0.717) is 40.2 Å². The zero-order chi connectivity index (χ0) is 24.4. The number of anilines is 2. The third-order valence-corrected chi connectivity index (χ3v) is 7.00. The number of nitrogens with one attached hydrogen (secondary N) is 3. The molecule has 2 unspecified atom stereocenters. The van der Waals surface area contributed by atoms with E-state index < -0.39 is 6.03 Å². The molecule has 3 N–H and O–H groups in total. The summed E-state index contributed by atoms with van der Waals surface area (Å²) in [7, 11) is 0. The number of fused-ring (bicyclic) bond motifs is 1. The van der Waals surface area contributed by atoms with Gasteiger partial charge in [-0.15, -0.1) is 11.3 Å². The molecule has 0 bridgehead atoms. The number of H-pyrrole nitrogens is 1. The third kappa shape index (κ3) is 5.02. The zero-order valence-electron chi connectivity index (χ0n) is 18.8. The predicted octanol–water partition coefficient (Wildman–Crippen LogP) is 5.90. The Hall–Kier alpha value is -3.40. The maximum Gasteiger partial charge on any atom is 0.323 e. The predicted molar refractivity (Wildman–Crippen MR) is 139 cm³/mol. The van der Waals surface area contributed by atoms with Crippen molar-refractivity contribution in [3.63, 3.8) is 0 Å². The van der Waals surface area contributed by atoms with Crippen LogP contribution in [0.15, 0.2) is 59.0 Å². The molecule has 1 aliphatic rings. The largest absolute Gasteiger partial charge is 0.486 e. The fraction of sp³-hybridized carbons (Fsp3) is 0.240. The number of benzene rings is 1. The van der Waals surface area contributed by atoms with Crippen molar-refractivity contribution in [1.82, 2.24) is 9.97 Å². The number of aromatic amines is 1. The molecule has 8 nitrogen and oxygen atoms in total. The van der Waals surface area contributed by atoms with E-state index in [-0.39, 0.29) is 22.8 Å². The van der Waals surface area contributed by atoms with Gasteiger partial charge in [-0.1, -0.05) is 17.7 Å². The summed E-state index contributed by atoms with van der Waals surface area (Å²) < 4.78 is 12.2. The van der Waals surface area contributed by atoms with Crippen LogP contribution in [0.2, 0.25) is 5.02 Å². The second kappa shape index (κ2) is 10.1. The SMILES string of the molecule is CC(Oc1c(-c2cccs2)c(=O)[nH]c2cc(Cl)c(NC(=O)Nc3ccncc3)cc12)C1CCCO1. The average molecular weight is 511 g/mol. The highest BCUT2D eigenvalue weighted by atomic mass is 35.5. The van der Waals surface area contributed by atoms with Crippen molar-refractivity contribution in [2.24, 2.45) is 0 Å². The fourth-order valence-electron chi connectivity index (χ4n) is 4.10. The molecular weight excluding hydrogens is 488 g/mol. The van der Waals surface area contributed by atoms with E-state index in [1.165, 1.54) is 11.3 Å². The van der Waals surface area contributed by atoms with Gasteiger partial charge in [0.25, 0.3) is 5.56 Å². The summed E-state index contributed by atoms with van der Waals surface area (Å²) in [4.78, 5) is 33.4. The summed E-state index contributed by atoms with van der Waals surface area (Å²) in [6, 6.07) is 9.99. The van der Waals surface area contributed by atoms with Crippen LogP contribution < -0.4 is 20.9 Å². The van der Waals surface area contributed by atoms with Crippen molar-refractivity contribution in [2.75, 3.05) is 17.2 Å². The zero-order valence-corrected chi connectivity index (χ0v) is 20.4. The maximum absolute atomic E-state index is 13.1. The Morgan fingerprint density at radius 1 is 1.29 bits per heavy atom. The van der Waals surface area contributed by atoms with Gasteiger partial charge in [0.15, 0.2) is 0 Å². The highest BCUT2D eigenvalue weighted by Gasteiger charge is 2.27. The normalized spacial score (nSPS) is 16.2. The van der Waals surface area contributed by atoms with Crippen LogP contribution in [0.4, 0.5) is 16.2 Å². The molecule has 4 heterocycles. The number of carbonyl (C=O) groups is 1. The highest BCUT2D eigenvalue weighted by molar-refractivity contribution is 7.13. The number of amides is 2. The number of urea groups is 1. The second-order valence-electron chi connectivity index (χ2n) is 8.20. The Morgan fingerprint density at radius 2 is 2.11 bits per heavy atom. The highest BCUT2D eigenvalue weighted by Crippen LogP contribution is 2.39. The van der Waals surface area contributed by atoms with Crippen LogP contribution in [-0.2, 0) is 4.74 Å². The summed E-state index contributed by atoms with van der Waals surface area (Å²) in [6.07, 6.45) is 4.70. The van der Waals surface area contributed by atoms with Gasteiger partial charge in [0.1, 0.15) is 11.9 Å². The van der Waals surface area contributed by atoms with Crippen LogP contribution in [0.1, 0.15) is 19.8 Å². The number of ether oxygens (including phenoxy) is 2. The minimum Gasteiger partial charge on any atom is -0.486 e. The summed E-state index contributed by atoms with van der Waals surface area (Å²) in [5, 5.41) is 8.33. The quantitative estimate of drug-likeness (QED) is 0.299. The van der Waals surface area contributed by atoms with Crippen molar-refractivity contribution < 1.29 is 14.3 Å². The van der Waals surface area contributed by atoms with E-state index in [9.17, 15) is 9.59 Å². The van der Waals surface area contributed by atoms with Crippen LogP contribution in [0, 0.1) is 0 Å². The molecule has 10 heteroatoms. The number of carbonyl (C=O) groups excluding carboxylic acids is 1. The number of pyridine rings is 2. The lowest BCUT2D eigenvalue weighted by atomic mass is 10.1. The van der Waals surface area contributed by atoms with Crippen molar-refractivity contribution in [2.45, 2.75) is 32.0 Å². The lowest BCUT2D eigenvalue weighted by Gasteiger charge is -2.23. The van der Waals surface area contributed by atoms with Gasteiger partial charge in [-0.3, -0.25) is 9.78 Å². The van der Waals surface area contributed by atoms with E-state index in [2.05, 4.69) is 20.6 Å². The van der Waals surface area contributed by atoms with E-state index in [1.54, 1.807) is 36.7 Å². The molecule has 0 saturated carbocycles. The molecule has 2 amide bonds. The van der Waals surface area contributed by atoms with Gasteiger partial charge in [0, 0.05) is 35.0 Å². The van der Waals surface area contributed by atoms with Gasteiger partial charge in [0.2, 0.25) is 0 Å². The first-order valence-corrected chi connectivity index (χ1v) is 12.4. The Balaban J connectivity index is 1.57. The number of hydrogen-bond acceptors (Lipinski definition) is 6. The summed E-state index contributed by atoms with van der Waals surface area (Å²) in [5.41, 5.74) is 1.64. The first-order valence-electron chi connectivity index (χ1n) is 11.2.